The van der Waals surface area contributed by atoms with Crippen molar-refractivity contribution in [2.45, 2.75) is 38.4 Å². The SMILES string of the molecule is COc1cc2c(cc1OC)C(c1ccccc1)N(Cc1ccc(CNC(=O)CCCN3C(=O)C(c4ccc(F)cc4F)=C(c4ccc(F)cc4F)C3=O)cc1)CC2. The number of carbonyl (C=O) groups excluding carboxylic acids is 3. The van der Waals surface area contributed by atoms with Crippen molar-refractivity contribution in [2.24, 2.45) is 0 Å². The number of benzene rings is 5. The maximum Gasteiger partial charge on any atom is 0.262 e. The second-order valence-electron chi connectivity index (χ2n) is 13.9. The Bertz CT molecular complexity index is 2290. The van der Waals surface area contributed by atoms with Gasteiger partial charge in [0.1, 0.15) is 23.3 Å². The Labute approximate surface area is 327 Å². The number of nitrogens with one attached hydrogen (secondary N) is 1. The van der Waals surface area contributed by atoms with E-state index in [-0.39, 0.29) is 37.9 Å². The average Bonchev–Trinajstić information content (AvgIpc) is 3.44. The molecule has 7 rings (SSSR count). The lowest BCUT2D eigenvalue weighted by Crippen LogP contribution is -2.35. The van der Waals surface area contributed by atoms with Crippen LogP contribution in [0.15, 0.2) is 103 Å². The van der Waals surface area contributed by atoms with Gasteiger partial charge in [-0.3, -0.25) is 24.2 Å². The van der Waals surface area contributed by atoms with E-state index in [2.05, 4.69) is 34.5 Å². The molecule has 5 aromatic carbocycles. The predicted octanol–water partition coefficient (Wildman–Crippen LogP) is 7.78. The lowest BCUT2D eigenvalue weighted by atomic mass is 9.87. The predicted molar refractivity (Wildman–Crippen MR) is 206 cm³/mol. The molecule has 0 radical (unpaired) electrons. The van der Waals surface area contributed by atoms with Gasteiger partial charge in [-0.15, -0.1) is 0 Å². The number of carbonyl (C=O) groups is 3. The first-order valence-electron chi connectivity index (χ1n) is 18.5. The highest BCUT2D eigenvalue weighted by atomic mass is 19.1. The molecule has 3 amide bonds. The van der Waals surface area contributed by atoms with E-state index in [1.54, 1.807) is 14.2 Å². The monoisotopic (exact) mass is 777 g/mol. The zero-order valence-electron chi connectivity index (χ0n) is 31.3. The molecule has 2 aliphatic rings. The summed E-state index contributed by atoms with van der Waals surface area (Å²) in [5.41, 5.74) is 3.77. The summed E-state index contributed by atoms with van der Waals surface area (Å²) in [6.45, 7) is 1.53. The summed E-state index contributed by atoms with van der Waals surface area (Å²) >= 11 is 0. The number of rotatable bonds is 13. The van der Waals surface area contributed by atoms with Gasteiger partial charge in [0, 0.05) is 55.9 Å². The van der Waals surface area contributed by atoms with Gasteiger partial charge in [0.25, 0.3) is 11.8 Å². The Morgan fingerprint density at radius 1 is 0.737 bits per heavy atom. The van der Waals surface area contributed by atoms with E-state index in [4.69, 9.17) is 9.47 Å². The third-order valence-electron chi connectivity index (χ3n) is 10.3. The molecule has 292 valence electrons. The summed E-state index contributed by atoms with van der Waals surface area (Å²) in [7, 11) is 3.28. The summed E-state index contributed by atoms with van der Waals surface area (Å²) < 4.78 is 68.4. The first-order chi connectivity index (χ1) is 27.6. The van der Waals surface area contributed by atoms with Crippen molar-refractivity contribution < 1.29 is 41.4 Å². The molecule has 0 aromatic heterocycles. The topological polar surface area (TPSA) is 88.2 Å². The quantitative estimate of drug-likeness (QED) is 0.0971. The number of hydrogen-bond donors (Lipinski definition) is 1. The molecule has 0 saturated carbocycles. The highest BCUT2D eigenvalue weighted by Crippen LogP contribution is 2.42. The van der Waals surface area contributed by atoms with Crippen LogP contribution in [0.3, 0.4) is 0 Å². The summed E-state index contributed by atoms with van der Waals surface area (Å²) in [6.07, 6.45) is 0.853. The molecule has 5 aromatic rings. The number of nitrogens with zero attached hydrogens (tertiary/aromatic N) is 2. The van der Waals surface area contributed by atoms with Gasteiger partial charge in [0.05, 0.1) is 31.4 Å². The average molecular weight is 778 g/mol. The smallest absolute Gasteiger partial charge is 0.262 e. The Morgan fingerprint density at radius 3 is 1.89 bits per heavy atom. The van der Waals surface area contributed by atoms with Gasteiger partial charge in [-0.2, -0.15) is 0 Å². The van der Waals surface area contributed by atoms with E-state index in [0.717, 1.165) is 53.3 Å². The summed E-state index contributed by atoms with van der Waals surface area (Å²) in [4.78, 5) is 43.1. The Hall–Kier alpha value is -6.27. The van der Waals surface area contributed by atoms with Crippen molar-refractivity contribution in [3.8, 4) is 11.5 Å². The van der Waals surface area contributed by atoms with Crippen molar-refractivity contribution >= 4 is 28.9 Å². The highest BCUT2D eigenvalue weighted by Gasteiger charge is 2.41. The van der Waals surface area contributed by atoms with Crippen molar-refractivity contribution in [3.05, 3.63) is 165 Å². The number of ether oxygens (including phenoxy) is 2. The summed E-state index contributed by atoms with van der Waals surface area (Å²) in [5.74, 6) is -4.89. The van der Waals surface area contributed by atoms with Crippen LogP contribution in [0.1, 0.15) is 57.8 Å². The van der Waals surface area contributed by atoms with Crippen molar-refractivity contribution in [1.29, 1.82) is 0 Å². The van der Waals surface area contributed by atoms with Gasteiger partial charge in [0.15, 0.2) is 11.5 Å². The van der Waals surface area contributed by atoms with Crippen LogP contribution in [0.4, 0.5) is 17.6 Å². The van der Waals surface area contributed by atoms with Gasteiger partial charge in [0.2, 0.25) is 5.91 Å². The van der Waals surface area contributed by atoms with Crippen molar-refractivity contribution in [2.75, 3.05) is 27.3 Å². The Balaban J connectivity index is 0.971. The molecule has 1 unspecified atom stereocenters. The van der Waals surface area contributed by atoms with E-state index in [1.165, 1.54) is 16.7 Å². The zero-order valence-corrected chi connectivity index (χ0v) is 31.3. The van der Waals surface area contributed by atoms with Crippen LogP contribution < -0.4 is 14.8 Å². The standard InChI is InChI=1S/C45H39F4N3O5/c1-56-38-21-30-18-20-51(43(29-7-4-3-5-8-29)35(30)24-39(38)57-2)26-28-12-10-27(11-13-28)25-50-40(53)9-6-19-52-44(54)41(33-16-14-31(46)22-36(33)48)42(45(52)55)34-17-15-32(47)23-37(34)49/h3-5,7-8,10-17,21-24,43H,6,9,18-20,25-26H2,1-2H3,(H,50,53). The van der Waals surface area contributed by atoms with Gasteiger partial charge in [-0.25, -0.2) is 17.6 Å². The number of methoxy groups -OCH3 is 2. The van der Waals surface area contributed by atoms with E-state index >= 15 is 0 Å². The Kier molecular flexibility index (Phi) is 11.5. The van der Waals surface area contributed by atoms with Gasteiger partial charge >= 0.3 is 0 Å². The molecule has 0 aliphatic carbocycles. The van der Waals surface area contributed by atoms with Gasteiger partial charge < -0.3 is 14.8 Å². The fourth-order valence-electron chi connectivity index (χ4n) is 7.54. The molecule has 0 fully saturated rings. The van der Waals surface area contributed by atoms with Crippen LogP contribution in [0.5, 0.6) is 11.5 Å². The zero-order chi connectivity index (χ0) is 40.2. The molecule has 1 N–H and O–H groups in total. The minimum absolute atomic E-state index is 0.00184. The molecule has 8 nitrogen and oxygen atoms in total. The second kappa shape index (κ2) is 16.8. The molecule has 12 heteroatoms. The summed E-state index contributed by atoms with van der Waals surface area (Å²) in [5, 5.41) is 2.86. The number of amides is 3. The first-order valence-corrected chi connectivity index (χ1v) is 18.5. The first kappa shape index (κ1) is 39.0. The lowest BCUT2D eigenvalue weighted by Gasteiger charge is -2.38. The minimum Gasteiger partial charge on any atom is -0.493 e. The fraction of sp³-hybridized carbons (Fsp3) is 0.222. The van der Waals surface area contributed by atoms with E-state index in [0.29, 0.717) is 30.2 Å². The molecular weight excluding hydrogens is 739 g/mol. The second-order valence-corrected chi connectivity index (χ2v) is 13.9. The lowest BCUT2D eigenvalue weighted by molar-refractivity contribution is -0.136. The molecule has 0 spiro atoms. The molecule has 0 saturated heterocycles. The molecule has 2 aliphatic heterocycles. The van der Waals surface area contributed by atoms with Gasteiger partial charge in [-0.05, 0) is 77.1 Å². The molecule has 57 heavy (non-hydrogen) atoms. The van der Waals surface area contributed by atoms with Crippen molar-refractivity contribution in [3.63, 3.8) is 0 Å². The maximum absolute atomic E-state index is 14.9. The van der Waals surface area contributed by atoms with Crippen LogP contribution in [-0.4, -0.2) is 54.8 Å². The van der Waals surface area contributed by atoms with E-state index in [1.807, 2.05) is 42.5 Å². The number of imide groups is 1. The largest absolute Gasteiger partial charge is 0.493 e. The van der Waals surface area contributed by atoms with Crippen LogP contribution in [-0.2, 0) is 33.9 Å². The maximum atomic E-state index is 14.9. The Morgan fingerprint density at radius 2 is 1.32 bits per heavy atom. The minimum atomic E-state index is -1.13. The molecular formula is C45H39F4N3O5. The normalized spacial score (nSPS) is 15.5. The van der Waals surface area contributed by atoms with E-state index < -0.39 is 57.4 Å². The number of halogens is 4. The summed E-state index contributed by atoms with van der Waals surface area (Å²) in [6, 6.07) is 27.3. The van der Waals surface area contributed by atoms with Crippen LogP contribution in [0.25, 0.3) is 11.1 Å². The van der Waals surface area contributed by atoms with Crippen LogP contribution in [0, 0.1) is 23.3 Å². The highest BCUT2D eigenvalue weighted by molar-refractivity contribution is 6.49. The van der Waals surface area contributed by atoms with Crippen LogP contribution in [0.2, 0.25) is 0 Å². The van der Waals surface area contributed by atoms with E-state index in [9.17, 15) is 31.9 Å². The number of fused-ring (bicyclic) bond motifs is 1. The molecule has 0 bridgehead atoms. The third kappa shape index (κ3) is 8.17. The fourth-order valence-corrected chi connectivity index (χ4v) is 7.54. The molecule has 1 atom stereocenters. The van der Waals surface area contributed by atoms with Crippen molar-refractivity contribution in [1.82, 2.24) is 15.1 Å². The van der Waals surface area contributed by atoms with Crippen LogP contribution >= 0.6 is 0 Å². The number of hydrogen-bond acceptors (Lipinski definition) is 6. The molecule has 2 heterocycles. The van der Waals surface area contributed by atoms with Gasteiger partial charge in [-0.1, -0.05) is 54.6 Å². The third-order valence-corrected chi connectivity index (χ3v) is 10.3.